The molecule has 1 aliphatic carbocycles. The van der Waals surface area contributed by atoms with E-state index in [0.717, 1.165) is 43.5 Å². The van der Waals surface area contributed by atoms with Crippen LogP contribution >= 0.6 is 0 Å². The first-order chi connectivity index (χ1) is 18.8. The maximum absolute atomic E-state index is 13.7. The van der Waals surface area contributed by atoms with Crippen molar-refractivity contribution in [1.82, 2.24) is 9.80 Å². The number of amides is 2. The Morgan fingerprint density at radius 3 is 2.56 bits per heavy atom. The number of likely N-dealkylation sites (N-methyl/N-ethyl adjacent to an activating group) is 1. The Morgan fingerprint density at radius 2 is 1.90 bits per heavy atom. The zero-order valence-electron chi connectivity index (χ0n) is 23.7. The van der Waals surface area contributed by atoms with Crippen molar-refractivity contribution in [2.75, 3.05) is 39.2 Å². The Labute approximate surface area is 232 Å². The van der Waals surface area contributed by atoms with Crippen LogP contribution in [0.4, 0.5) is 5.69 Å². The van der Waals surface area contributed by atoms with Crippen LogP contribution in [-0.2, 0) is 11.3 Å². The number of aliphatic hydroxyl groups is 1. The fourth-order valence-corrected chi connectivity index (χ4v) is 5.57. The van der Waals surface area contributed by atoms with Gasteiger partial charge in [0.15, 0.2) is 5.75 Å². The van der Waals surface area contributed by atoms with Crippen LogP contribution < -0.4 is 14.8 Å². The molecule has 0 aromatic heterocycles. The summed E-state index contributed by atoms with van der Waals surface area (Å²) in [4.78, 5) is 30.8. The Bertz CT molecular complexity index is 1120. The molecular weight excluding hydrogens is 494 g/mol. The SMILES string of the molecule is COc1ccc(CN(C)C[C@@H]2Oc3c(NC(=O)C4CCCCC4)cccc3C(=O)N([C@@H](C)CO)C[C@@H]2C)cc1. The Hall–Kier alpha value is -3.10. The molecule has 0 unspecified atom stereocenters. The molecule has 1 heterocycles. The average Bonchev–Trinajstić information content (AvgIpc) is 2.95. The van der Waals surface area contributed by atoms with E-state index < -0.39 is 0 Å². The van der Waals surface area contributed by atoms with E-state index in [9.17, 15) is 14.7 Å². The van der Waals surface area contributed by atoms with Crippen LogP contribution in [0.15, 0.2) is 42.5 Å². The van der Waals surface area contributed by atoms with Gasteiger partial charge in [-0.2, -0.15) is 0 Å². The van der Waals surface area contributed by atoms with Gasteiger partial charge in [0.05, 0.1) is 31.0 Å². The molecule has 2 aliphatic rings. The summed E-state index contributed by atoms with van der Waals surface area (Å²) >= 11 is 0. The largest absolute Gasteiger partial charge is 0.497 e. The van der Waals surface area contributed by atoms with Crippen LogP contribution in [0.25, 0.3) is 0 Å². The Morgan fingerprint density at radius 1 is 1.18 bits per heavy atom. The van der Waals surface area contributed by atoms with Crippen molar-refractivity contribution in [2.45, 2.75) is 64.6 Å². The lowest BCUT2D eigenvalue weighted by Crippen LogP contribution is -2.49. The second kappa shape index (κ2) is 13.3. The number of hydrogen-bond acceptors (Lipinski definition) is 6. The van der Waals surface area contributed by atoms with Gasteiger partial charge in [-0.15, -0.1) is 0 Å². The molecule has 2 N–H and O–H groups in total. The molecule has 2 aromatic carbocycles. The minimum Gasteiger partial charge on any atom is -0.497 e. The van der Waals surface area contributed by atoms with Gasteiger partial charge in [-0.1, -0.05) is 44.4 Å². The molecule has 0 bridgehead atoms. The number of ether oxygens (including phenoxy) is 2. The summed E-state index contributed by atoms with van der Waals surface area (Å²) in [6.45, 7) is 5.59. The zero-order chi connectivity index (χ0) is 27.9. The molecule has 8 nitrogen and oxygen atoms in total. The summed E-state index contributed by atoms with van der Waals surface area (Å²) in [6.07, 6.45) is 4.82. The van der Waals surface area contributed by atoms with E-state index >= 15 is 0 Å². The fourth-order valence-electron chi connectivity index (χ4n) is 5.57. The van der Waals surface area contributed by atoms with Crippen LogP contribution in [0.5, 0.6) is 11.5 Å². The van der Waals surface area contributed by atoms with E-state index in [4.69, 9.17) is 9.47 Å². The highest BCUT2D eigenvalue weighted by atomic mass is 16.5. The molecule has 0 spiro atoms. The molecule has 2 aromatic rings. The molecule has 1 saturated carbocycles. The second-order valence-electron chi connectivity index (χ2n) is 11.2. The number of fused-ring (bicyclic) bond motifs is 1. The van der Waals surface area contributed by atoms with E-state index in [0.29, 0.717) is 30.1 Å². The number of aliphatic hydroxyl groups excluding tert-OH is 1. The highest BCUT2D eigenvalue weighted by Crippen LogP contribution is 2.36. The first kappa shape index (κ1) is 28.9. The summed E-state index contributed by atoms with van der Waals surface area (Å²) in [5, 5.41) is 13.0. The van der Waals surface area contributed by atoms with Crippen molar-refractivity contribution in [3.05, 3.63) is 53.6 Å². The van der Waals surface area contributed by atoms with Crippen molar-refractivity contribution in [1.29, 1.82) is 0 Å². The Kier molecular flexibility index (Phi) is 9.86. The number of methoxy groups -OCH3 is 1. The molecule has 1 aliphatic heterocycles. The number of nitrogens with one attached hydrogen (secondary N) is 1. The number of nitrogens with zero attached hydrogens (tertiary/aromatic N) is 2. The van der Waals surface area contributed by atoms with Crippen LogP contribution in [0.3, 0.4) is 0 Å². The molecule has 212 valence electrons. The normalized spacial score (nSPS) is 21.0. The smallest absolute Gasteiger partial charge is 0.258 e. The number of carbonyl (C=O) groups excluding carboxylic acids is 2. The number of anilines is 1. The summed E-state index contributed by atoms with van der Waals surface area (Å²) in [5.41, 5.74) is 2.10. The molecule has 39 heavy (non-hydrogen) atoms. The molecule has 0 radical (unpaired) electrons. The average molecular weight is 538 g/mol. The minimum atomic E-state index is -0.343. The number of carbonyl (C=O) groups is 2. The van der Waals surface area contributed by atoms with Crippen molar-refractivity contribution in [3.63, 3.8) is 0 Å². The van der Waals surface area contributed by atoms with E-state index in [1.807, 2.05) is 25.1 Å². The maximum Gasteiger partial charge on any atom is 0.258 e. The van der Waals surface area contributed by atoms with E-state index in [2.05, 4.69) is 36.3 Å². The van der Waals surface area contributed by atoms with Crippen molar-refractivity contribution < 1.29 is 24.2 Å². The fraction of sp³-hybridized carbons (Fsp3) is 0.548. The maximum atomic E-state index is 13.7. The monoisotopic (exact) mass is 537 g/mol. The summed E-state index contributed by atoms with van der Waals surface area (Å²) < 4.78 is 11.9. The van der Waals surface area contributed by atoms with Crippen LogP contribution in [0.1, 0.15) is 61.9 Å². The standard InChI is InChI=1S/C31H43N3O5/c1-21-17-34(22(2)20-35)31(37)26-11-8-12-27(32-30(36)24-9-6-5-7-10-24)29(26)39-28(21)19-33(3)18-23-13-15-25(38-4)16-14-23/h8,11-16,21-22,24,28,35H,5-7,9-10,17-20H2,1-4H3,(H,32,36)/t21-,22-,28-/m0/s1. The number of hydrogen-bond donors (Lipinski definition) is 2. The minimum absolute atomic E-state index is 0.0111. The molecular formula is C31H43N3O5. The van der Waals surface area contributed by atoms with E-state index in [-0.39, 0.29) is 42.4 Å². The lowest BCUT2D eigenvalue weighted by Gasteiger charge is -2.38. The van der Waals surface area contributed by atoms with Crippen molar-refractivity contribution >= 4 is 17.5 Å². The highest BCUT2D eigenvalue weighted by Gasteiger charge is 2.35. The zero-order valence-corrected chi connectivity index (χ0v) is 23.7. The van der Waals surface area contributed by atoms with Crippen molar-refractivity contribution in [2.24, 2.45) is 11.8 Å². The third-order valence-corrected chi connectivity index (χ3v) is 8.03. The number of rotatable bonds is 9. The number of benzene rings is 2. The predicted molar refractivity (Wildman–Crippen MR) is 152 cm³/mol. The molecule has 8 heteroatoms. The Balaban J connectivity index is 1.61. The van der Waals surface area contributed by atoms with E-state index in [1.165, 1.54) is 6.42 Å². The van der Waals surface area contributed by atoms with Gasteiger partial charge in [-0.25, -0.2) is 0 Å². The van der Waals surface area contributed by atoms with Gasteiger partial charge in [0, 0.05) is 31.5 Å². The third-order valence-electron chi connectivity index (χ3n) is 8.03. The first-order valence-electron chi connectivity index (χ1n) is 14.1. The lowest BCUT2D eigenvalue weighted by atomic mass is 9.88. The molecule has 0 saturated heterocycles. The van der Waals surface area contributed by atoms with Gasteiger partial charge < -0.3 is 24.8 Å². The summed E-state index contributed by atoms with van der Waals surface area (Å²) in [5.74, 6) is 0.989. The quantitative estimate of drug-likeness (QED) is 0.487. The third kappa shape index (κ3) is 7.11. The predicted octanol–water partition coefficient (Wildman–Crippen LogP) is 4.57. The molecule has 4 rings (SSSR count). The van der Waals surface area contributed by atoms with E-state index in [1.54, 1.807) is 24.1 Å². The second-order valence-corrected chi connectivity index (χ2v) is 11.2. The van der Waals surface area contributed by atoms with Crippen LogP contribution in [-0.4, -0.2) is 72.7 Å². The molecule has 3 atom stereocenters. The molecule has 2 amide bonds. The molecule has 1 fully saturated rings. The summed E-state index contributed by atoms with van der Waals surface area (Å²) in [6, 6.07) is 13.0. The first-order valence-corrected chi connectivity index (χ1v) is 14.1. The van der Waals surface area contributed by atoms with Crippen molar-refractivity contribution in [3.8, 4) is 11.5 Å². The van der Waals surface area contributed by atoms with Gasteiger partial charge in [-0.3, -0.25) is 14.5 Å². The highest BCUT2D eigenvalue weighted by molar-refractivity contribution is 6.02. The van der Waals surface area contributed by atoms with Gasteiger partial charge in [0.25, 0.3) is 5.91 Å². The van der Waals surface area contributed by atoms with Gasteiger partial charge in [0.2, 0.25) is 5.91 Å². The van der Waals surface area contributed by atoms with Gasteiger partial charge in [0.1, 0.15) is 11.9 Å². The summed E-state index contributed by atoms with van der Waals surface area (Å²) in [7, 11) is 3.71. The number of para-hydroxylation sites is 1. The van der Waals surface area contributed by atoms with Gasteiger partial charge in [-0.05, 0) is 56.6 Å². The topological polar surface area (TPSA) is 91.3 Å². The van der Waals surface area contributed by atoms with Crippen LogP contribution in [0.2, 0.25) is 0 Å². The lowest BCUT2D eigenvalue weighted by molar-refractivity contribution is -0.120. The van der Waals surface area contributed by atoms with Gasteiger partial charge >= 0.3 is 0 Å². The van der Waals surface area contributed by atoms with Crippen LogP contribution in [0, 0.1) is 11.8 Å².